The monoisotopic (exact) mass is 287 g/mol. The van der Waals surface area contributed by atoms with Crippen molar-refractivity contribution in [1.29, 1.82) is 0 Å². The van der Waals surface area contributed by atoms with Crippen LogP contribution in [0.3, 0.4) is 0 Å². The maximum atomic E-state index is 6.19. The minimum atomic E-state index is -0.153. The van der Waals surface area contributed by atoms with Gasteiger partial charge in [0.1, 0.15) is 0 Å². The minimum Gasteiger partial charge on any atom is -0.373 e. The lowest BCUT2D eigenvalue weighted by Gasteiger charge is -2.36. The molecule has 0 bridgehead atoms. The molecule has 1 aromatic heterocycles. The van der Waals surface area contributed by atoms with Crippen LogP contribution in [0.15, 0.2) is 6.20 Å². The van der Waals surface area contributed by atoms with Crippen molar-refractivity contribution in [3.63, 3.8) is 0 Å². The highest BCUT2D eigenvalue weighted by Crippen LogP contribution is 2.27. The third-order valence-electron chi connectivity index (χ3n) is 3.50. The molecule has 0 spiro atoms. The number of aryl methyl sites for hydroxylation is 1. The van der Waals surface area contributed by atoms with Crippen LogP contribution in [0.25, 0.3) is 0 Å². The van der Waals surface area contributed by atoms with Crippen molar-refractivity contribution in [2.75, 3.05) is 26.2 Å². The molecule has 0 aromatic carbocycles. The van der Waals surface area contributed by atoms with Crippen molar-refractivity contribution in [3.05, 3.63) is 16.9 Å². The molecule has 1 aliphatic rings. The molecule has 2 rings (SSSR count). The van der Waals surface area contributed by atoms with Crippen LogP contribution in [-0.2, 0) is 11.8 Å². The summed E-state index contributed by atoms with van der Waals surface area (Å²) in [6, 6.07) is -0.153. The first-order valence-corrected chi connectivity index (χ1v) is 7.02. The third kappa shape index (κ3) is 3.27. The molecular weight excluding hydrogens is 266 g/mol. The standard InChI is InChI=1S/C12H22ClN5O/c1-3-4-18-5-6-19-10(8-18)11(16-14)12-9(13)7-15-17(12)2/h7,10-11,16H,3-6,8,14H2,1-2H3. The van der Waals surface area contributed by atoms with Crippen LogP contribution >= 0.6 is 11.6 Å². The predicted molar refractivity (Wildman–Crippen MR) is 74.8 cm³/mol. The molecule has 2 unspecified atom stereocenters. The zero-order chi connectivity index (χ0) is 13.8. The van der Waals surface area contributed by atoms with E-state index in [4.69, 9.17) is 22.2 Å². The van der Waals surface area contributed by atoms with Gasteiger partial charge < -0.3 is 4.74 Å². The molecule has 0 aliphatic carbocycles. The van der Waals surface area contributed by atoms with Gasteiger partial charge >= 0.3 is 0 Å². The largest absolute Gasteiger partial charge is 0.373 e. The van der Waals surface area contributed by atoms with Crippen LogP contribution in [0.1, 0.15) is 25.1 Å². The van der Waals surface area contributed by atoms with Gasteiger partial charge in [-0.3, -0.25) is 15.4 Å². The van der Waals surface area contributed by atoms with Gasteiger partial charge in [0.15, 0.2) is 0 Å². The number of hydrogen-bond donors (Lipinski definition) is 2. The number of halogens is 1. The third-order valence-corrected chi connectivity index (χ3v) is 3.79. The van der Waals surface area contributed by atoms with Crippen LogP contribution in [0, 0.1) is 0 Å². The summed E-state index contributed by atoms with van der Waals surface area (Å²) in [5, 5.41) is 4.77. The summed E-state index contributed by atoms with van der Waals surface area (Å²) < 4.78 is 7.60. The van der Waals surface area contributed by atoms with Crippen LogP contribution in [-0.4, -0.2) is 47.0 Å². The van der Waals surface area contributed by atoms with E-state index in [9.17, 15) is 0 Å². The Morgan fingerprint density at radius 3 is 3.05 bits per heavy atom. The second-order valence-electron chi connectivity index (χ2n) is 4.86. The molecule has 1 aliphatic heterocycles. The number of ether oxygens (including phenoxy) is 1. The van der Waals surface area contributed by atoms with Gasteiger partial charge in [0.25, 0.3) is 0 Å². The van der Waals surface area contributed by atoms with Crippen LogP contribution < -0.4 is 11.3 Å². The molecule has 6 nitrogen and oxygen atoms in total. The Bertz CT molecular complexity index is 389. The number of hydrogen-bond acceptors (Lipinski definition) is 5. The van der Waals surface area contributed by atoms with Crippen molar-refractivity contribution in [2.45, 2.75) is 25.5 Å². The molecule has 1 fully saturated rings. The van der Waals surface area contributed by atoms with E-state index in [-0.39, 0.29) is 12.1 Å². The number of nitrogens with zero attached hydrogens (tertiary/aromatic N) is 3. The Morgan fingerprint density at radius 1 is 1.68 bits per heavy atom. The van der Waals surface area contributed by atoms with E-state index in [2.05, 4.69) is 22.3 Å². The Kier molecular flexibility index (Phi) is 5.18. The Labute approximate surface area is 118 Å². The Balaban J connectivity index is 2.13. The molecule has 3 N–H and O–H groups in total. The summed E-state index contributed by atoms with van der Waals surface area (Å²) in [6.45, 7) is 5.81. The van der Waals surface area contributed by atoms with Gasteiger partial charge in [0, 0.05) is 20.1 Å². The molecule has 0 saturated carbocycles. The normalized spacial score (nSPS) is 22.6. The fourth-order valence-corrected chi connectivity index (χ4v) is 2.87. The van der Waals surface area contributed by atoms with Crippen molar-refractivity contribution >= 4 is 11.6 Å². The first-order valence-electron chi connectivity index (χ1n) is 6.64. The zero-order valence-corrected chi connectivity index (χ0v) is 12.2. The summed E-state index contributed by atoms with van der Waals surface area (Å²) in [5.74, 6) is 5.70. The lowest BCUT2D eigenvalue weighted by molar-refractivity contribution is -0.0483. The second-order valence-corrected chi connectivity index (χ2v) is 5.26. The van der Waals surface area contributed by atoms with Gasteiger partial charge in [0.2, 0.25) is 0 Å². The number of morpholine rings is 1. The second kappa shape index (κ2) is 6.67. The lowest BCUT2D eigenvalue weighted by Crippen LogP contribution is -2.50. The van der Waals surface area contributed by atoms with Gasteiger partial charge in [-0.2, -0.15) is 5.10 Å². The van der Waals surface area contributed by atoms with E-state index < -0.39 is 0 Å². The maximum absolute atomic E-state index is 6.19. The Morgan fingerprint density at radius 2 is 2.47 bits per heavy atom. The fraction of sp³-hybridized carbons (Fsp3) is 0.750. The van der Waals surface area contributed by atoms with E-state index in [0.29, 0.717) is 5.02 Å². The van der Waals surface area contributed by atoms with Crippen molar-refractivity contribution < 1.29 is 4.74 Å². The van der Waals surface area contributed by atoms with Crippen LogP contribution in [0.2, 0.25) is 5.02 Å². The molecular formula is C12H22ClN5O. The first-order chi connectivity index (χ1) is 9.17. The molecule has 19 heavy (non-hydrogen) atoms. The molecule has 1 aromatic rings. The lowest BCUT2D eigenvalue weighted by atomic mass is 10.1. The number of hydrazine groups is 1. The topological polar surface area (TPSA) is 68.3 Å². The van der Waals surface area contributed by atoms with Gasteiger partial charge in [-0.1, -0.05) is 18.5 Å². The highest BCUT2D eigenvalue weighted by molar-refractivity contribution is 6.31. The highest BCUT2D eigenvalue weighted by Gasteiger charge is 2.31. The van der Waals surface area contributed by atoms with E-state index in [1.54, 1.807) is 10.9 Å². The predicted octanol–water partition coefficient (Wildman–Crippen LogP) is 0.689. The van der Waals surface area contributed by atoms with E-state index in [1.165, 1.54) is 0 Å². The number of rotatable bonds is 5. The SMILES string of the molecule is CCCN1CCOC(C(NN)c2c(Cl)cnn2C)C1. The van der Waals surface area contributed by atoms with Gasteiger partial charge in [-0.25, -0.2) is 5.43 Å². The highest BCUT2D eigenvalue weighted by atomic mass is 35.5. The summed E-state index contributed by atoms with van der Waals surface area (Å²) in [5.41, 5.74) is 3.69. The van der Waals surface area contributed by atoms with E-state index >= 15 is 0 Å². The average Bonchev–Trinajstić information content (AvgIpc) is 2.73. The first kappa shape index (κ1) is 14.7. The van der Waals surface area contributed by atoms with E-state index in [0.717, 1.165) is 38.4 Å². The summed E-state index contributed by atoms with van der Waals surface area (Å²) in [4.78, 5) is 2.39. The molecule has 7 heteroatoms. The molecule has 2 atom stereocenters. The van der Waals surface area contributed by atoms with Crippen LogP contribution in [0.4, 0.5) is 0 Å². The number of nitrogens with one attached hydrogen (secondary N) is 1. The fourth-order valence-electron chi connectivity index (χ4n) is 2.58. The molecule has 0 radical (unpaired) electrons. The quantitative estimate of drug-likeness (QED) is 0.616. The summed E-state index contributed by atoms with van der Waals surface area (Å²) in [6.07, 6.45) is 2.76. The number of aromatic nitrogens is 2. The van der Waals surface area contributed by atoms with Crippen molar-refractivity contribution in [1.82, 2.24) is 20.1 Å². The molecule has 0 amide bonds. The summed E-state index contributed by atoms with van der Waals surface area (Å²) in [7, 11) is 1.86. The molecule has 1 saturated heterocycles. The van der Waals surface area contributed by atoms with E-state index in [1.807, 2.05) is 7.05 Å². The van der Waals surface area contributed by atoms with Crippen molar-refractivity contribution in [2.24, 2.45) is 12.9 Å². The zero-order valence-electron chi connectivity index (χ0n) is 11.5. The molecule has 108 valence electrons. The van der Waals surface area contributed by atoms with Crippen LogP contribution in [0.5, 0.6) is 0 Å². The Hall–Kier alpha value is -0.660. The van der Waals surface area contributed by atoms with Gasteiger partial charge in [-0.15, -0.1) is 0 Å². The van der Waals surface area contributed by atoms with Crippen molar-refractivity contribution in [3.8, 4) is 0 Å². The molecule has 2 heterocycles. The van der Waals surface area contributed by atoms with Gasteiger partial charge in [0.05, 0.1) is 35.7 Å². The maximum Gasteiger partial charge on any atom is 0.0925 e. The summed E-state index contributed by atoms with van der Waals surface area (Å²) >= 11 is 6.19. The average molecular weight is 288 g/mol. The number of nitrogens with two attached hydrogens (primary N) is 1. The van der Waals surface area contributed by atoms with Gasteiger partial charge in [-0.05, 0) is 13.0 Å². The smallest absolute Gasteiger partial charge is 0.0925 e. The minimum absolute atomic E-state index is 0.0156.